The summed E-state index contributed by atoms with van der Waals surface area (Å²) in [5.74, 6) is 0.950. The number of aliphatic carboxylic acids is 1. The largest absolute Gasteiger partial charge is 0.481 e. The Hall–Kier alpha value is -1.65. The summed E-state index contributed by atoms with van der Waals surface area (Å²) >= 11 is 0. The molecule has 0 unspecified atom stereocenters. The standard InChI is InChI=1S/C36H56O5/c1-31(2)18-20-36(23-41-30(40)11-9-8-10-29(38)39)21-19-34(6)24(25(36)22-31)12-13-27-33(5)16-15-28(37)32(3,4)26(33)14-17-35(27,34)7/h12,25-27H,8-11,13-23H2,1-7H3,(H,38,39)/t25-,26-,27+,33-,34+,35+,36+/m0/s1. The molecule has 5 rings (SSSR count). The summed E-state index contributed by atoms with van der Waals surface area (Å²) in [5, 5.41) is 8.90. The van der Waals surface area contributed by atoms with E-state index in [1.165, 1.54) is 6.42 Å². The molecule has 0 aliphatic heterocycles. The second kappa shape index (κ2) is 10.2. The van der Waals surface area contributed by atoms with E-state index in [1.807, 2.05) is 0 Å². The number of fused-ring (bicyclic) bond motifs is 7. The Kier molecular flexibility index (Phi) is 7.68. The highest BCUT2D eigenvalue weighted by molar-refractivity contribution is 5.85. The maximum absolute atomic E-state index is 13.0. The topological polar surface area (TPSA) is 80.7 Å². The van der Waals surface area contributed by atoms with Crippen LogP contribution in [-0.2, 0) is 19.1 Å². The van der Waals surface area contributed by atoms with Crippen LogP contribution in [0.15, 0.2) is 11.6 Å². The highest BCUT2D eigenvalue weighted by atomic mass is 16.5. The molecule has 0 aromatic rings. The Morgan fingerprint density at radius 1 is 0.902 bits per heavy atom. The molecule has 0 spiro atoms. The second-order valence-corrected chi connectivity index (χ2v) is 17.0. The number of hydrogen-bond acceptors (Lipinski definition) is 4. The van der Waals surface area contributed by atoms with Gasteiger partial charge < -0.3 is 9.84 Å². The van der Waals surface area contributed by atoms with Crippen LogP contribution in [0.2, 0.25) is 0 Å². The van der Waals surface area contributed by atoms with Gasteiger partial charge in [0.1, 0.15) is 5.78 Å². The molecular weight excluding hydrogens is 512 g/mol. The van der Waals surface area contributed by atoms with Gasteiger partial charge in [-0.3, -0.25) is 14.4 Å². The third-order valence-electron chi connectivity index (χ3n) is 14.1. The van der Waals surface area contributed by atoms with E-state index in [4.69, 9.17) is 9.84 Å². The zero-order valence-corrected chi connectivity index (χ0v) is 27.0. The van der Waals surface area contributed by atoms with Crippen LogP contribution >= 0.6 is 0 Å². The predicted octanol–water partition coefficient (Wildman–Crippen LogP) is 8.55. The Morgan fingerprint density at radius 2 is 1.59 bits per heavy atom. The van der Waals surface area contributed by atoms with Crippen molar-refractivity contribution >= 4 is 17.7 Å². The van der Waals surface area contributed by atoms with E-state index < -0.39 is 5.97 Å². The monoisotopic (exact) mass is 568 g/mol. The summed E-state index contributed by atoms with van der Waals surface area (Å²) in [6.07, 6.45) is 15.0. The van der Waals surface area contributed by atoms with Gasteiger partial charge in [-0.05, 0) is 110 Å². The van der Waals surface area contributed by atoms with E-state index in [2.05, 4.69) is 54.5 Å². The number of carbonyl (C=O) groups is 3. The van der Waals surface area contributed by atoms with Crippen LogP contribution in [-0.4, -0.2) is 29.4 Å². The molecule has 0 radical (unpaired) electrons. The van der Waals surface area contributed by atoms with Crippen LogP contribution in [0.5, 0.6) is 0 Å². The van der Waals surface area contributed by atoms with Crippen molar-refractivity contribution in [2.75, 3.05) is 6.61 Å². The predicted molar refractivity (Wildman–Crippen MR) is 161 cm³/mol. The van der Waals surface area contributed by atoms with Crippen LogP contribution in [0.3, 0.4) is 0 Å². The summed E-state index contributed by atoms with van der Waals surface area (Å²) in [7, 11) is 0. The molecule has 230 valence electrons. The number of esters is 1. The minimum Gasteiger partial charge on any atom is -0.481 e. The van der Waals surface area contributed by atoms with Gasteiger partial charge >= 0.3 is 11.9 Å². The second-order valence-electron chi connectivity index (χ2n) is 17.0. The van der Waals surface area contributed by atoms with Gasteiger partial charge in [0, 0.05) is 30.1 Å². The van der Waals surface area contributed by atoms with Crippen molar-refractivity contribution in [3.63, 3.8) is 0 Å². The maximum Gasteiger partial charge on any atom is 0.305 e. The summed E-state index contributed by atoms with van der Waals surface area (Å²) in [4.78, 5) is 36.6. The minimum absolute atomic E-state index is 0.00113. The molecule has 1 N–H and O–H groups in total. The van der Waals surface area contributed by atoms with Crippen LogP contribution in [0.25, 0.3) is 0 Å². The first-order valence-corrected chi connectivity index (χ1v) is 16.6. The number of ketones is 1. The van der Waals surface area contributed by atoms with Gasteiger partial charge in [-0.25, -0.2) is 0 Å². The van der Waals surface area contributed by atoms with E-state index in [1.54, 1.807) is 5.57 Å². The van der Waals surface area contributed by atoms with Gasteiger partial charge in [0.2, 0.25) is 0 Å². The van der Waals surface area contributed by atoms with Crippen molar-refractivity contribution in [1.82, 2.24) is 0 Å². The fourth-order valence-electron chi connectivity index (χ4n) is 11.3. The Balaban J connectivity index is 1.42. The molecule has 41 heavy (non-hydrogen) atoms. The first-order valence-electron chi connectivity index (χ1n) is 16.6. The average Bonchev–Trinajstić information content (AvgIpc) is 2.88. The molecule has 7 atom stereocenters. The smallest absolute Gasteiger partial charge is 0.305 e. The zero-order valence-electron chi connectivity index (χ0n) is 27.0. The SMILES string of the molecule is CC1(C)CC[C@]2(COC(=O)CCCCC(=O)O)CC[C@]3(C)C(=CC[C@@H]4[C@@]5(C)CCC(=O)C(C)(C)[C@@H]5CC[C@]43C)[C@@H]2C1. The van der Waals surface area contributed by atoms with Gasteiger partial charge in [-0.2, -0.15) is 0 Å². The number of unbranched alkanes of at least 4 members (excludes halogenated alkanes) is 1. The van der Waals surface area contributed by atoms with Crippen LogP contribution < -0.4 is 0 Å². The number of rotatable bonds is 7. The van der Waals surface area contributed by atoms with Crippen LogP contribution in [0.4, 0.5) is 0 Å². The van der Waals surface area contributed by atoms with E-state index >= 15 is 0 Å². The van der Waals surface area contributed by atoms with E-state index in [-0.39, 0.29) is 44.9 Å². The number of ether oxygens (including phenoxy) is 1. The molecule has 0 bridgehead atoms. The number of carboxylic acid groups (broad SMARTS) is 1. The zero-order chi connectivity index (χ0) is 30.1. The van der Waals surface area contributed by atoms with E-state index in [0.717, 1.165) is 57.8 Å². The quantitative estimate of drug-likeness (QED) is 0.189. The molecular formula is C36H56O5. The number of Topliss-reactive ketones (excluding diaryl/α,β-unsaturated/α-hetero) is 1. The van der Waals surface area contributed by atoms with Gasteiger partial charge in [0.15, 0.2) is 0 Å². The Bertz CT molecular complexity index is 1120. The molecule has 0 aromatic heterocycles. The van der Waals surface area contributed by atoms with Gasteiger partial charge in [0.05, 0.1) is 6.61 Å². The van der Waals surface area contributed by atoms with Gasteiger partial charge in [-0.1, -0.05) is 60.1 Å². The number of carboxylic acids is 1. The highest BCUT2D eigenvalue weighted by Gasteiger charge is 2.68. The van der Waals surface area contributed by atoms with E-state index in [9.17, 15) is 14.4 Å². The lowest BCUT2D eigenvalue weighted by Crippen LogP contribution is -2.64. The van der Waals surface area contributed by atoms with Gasteiger partial charge in [0.25, 0.3) is 0 Å². The van der Waals surface area contributed by atoms with Crippen molar-refractivity contribution in [3.05, 3.63) is 11.6 Å². The molecule has 5 heteroatoms. The molecule has 4 fully saturated rings. The summed E-state index contributed by atoms with van der Waals surface area (Å²) < 4.78 is 6.04. The fraction of sp³-hybridized carbons (Fsp3) is 0.861. The third kappa shape index (κ3) is 4.84. The number of hydrogen-bond donors (Lipinski definition) is 1. The molecule has 5 nitrogen and oxygen atoms in total. The first-order chi connectivity index (χ1) is 19.0. The van der Waals surface area contributed by atoms with Crippen molar-refractivity contribution < 1.29 is 24.2 Å². The fourth-order valence-corrected chi connectivity index (χ4v) is 11.3. The minimum atomic E-state index is -0.810. The lowest BCUT2D eigenvalue weighted by atomic mass is 9.33. The van der Waals surface area contributed by atoms with Crippen LogP contribution in [0.1, 0.15) is 138 Å². The van der Waals surface area contributed by atoms with Gasteiger partial charge in [-0.15, -0.1) is 0 Å². The number of allylic oxidation sites excluding steroid dienone is 2. The van der Waals surface area contributed by atoms with Crippen molar-refractivity contribution in [2.24, 2.45) is 50.2 Å². The molecule has 0 saturated heterocycles. The summed E-state index contributed by atoms with van der Waals surface area (Å²) in [6.45, 7) is 17.5. The average molecular weight is 569 g/mol. The van der Waals surface area contributed by atoms with E-state index in [0.29, 0.717) is 49.4 Å². The molecule has 4 saturated carbocycles. The summed E-state index contributed by atoms with van der Waals surface area (Å²) in [6, 6.07) is 0. The number of carbonyl (C=O) groups excluding carboxylic acids is 2. The molecule has 0 heterocycles. The lowest BCUT2D eigenvalue weighted by molar-refractivity contribution is -0.188. The molecule has 5 aliphatic carbocycles. The molecule has 0 aromatic carbocycles. The Morgan fingerprint density at radius 3 is 2.29 bits per heavy atom. The van der Waals surface area contributed by atoms with Crippen molar-refractivity contribution in [2.45, 2.75) is 138 Å². The Labute approximate surface area is 248 Å². The summed E-state index contributed by atoms with van der Waals surface area (Å²) in [5.41, 5.74) is 2.20. The first kappa shape index (κ1) is 30.8. The normalized spacial score (nSPS) is 42.6. The lowest BCUT2D eigenvalue weighted by Gasteiger charge is -2.70. The van der Waals surface area contributed by atoms with Crippen LogP contribution in [0, 0.1) is 50.2 Å². The third-order valence-corrected chi connectivity index (χ3v) is 14.1. The van der Waals surface area contributed by atoms with Crippen molar-refractivity contribution in [1.29, 1.82) is 0 Å². The van der Waals surface area contributed by atoms with Crippen molar-refractivity contribution in [3.8, 4) is 0 Å². The maximum atomic E-state index is 13.0. The molecule has 0 amide bonds. The highest BCUT2D eigenvalue weighted by Crippen LogP contribution is 2.75. The molecule has 5 aliphatic rings.